The minimum atomic E-state index is -5.25. The molecule has 0 rings (SSSR count). The predicted octanol–water partition coefficient (Wildman–Crippen LogP) is 6.15. The van der Waals surface area contributed by atoms with E-state index in [4.69, 9.17) is 0 Å². The van der Waals surface area contributed by atoms with Gasteiger partial charge in [0.1, 0.15) is 0 Å². The molecule has 0 radical (unpaired) electrons. The molecular weight excluding hydrogens is 470 g/mol. The van der Waals surface area contributed by atoms with Crippen molar-refractivity contribution < 1.29 is 21.6 Å². The number of sulfonamides is 1. The molecule has 0 amide bonds. The van der Waals surface area contributed by atoms with Crippen LogP contribution in [-0.2, 0) is 10.0 Å². The Hall–Kier alpha value is 0.239. The Morgan fingerprint density at radius 3 is 1.69 bits per heavy atom. The van der Waals surface area contributed by atoms with Gasteiger partial charge in [-0.3, -0.25) is 0 Å². The van der Waals surface area contributed by atoms with E-state index >= 15 is 0 Å². The molecule has 0 aliphatic carbocycles. The molecule has 0 atom stereocenters. The standard InChI is InChI=1S/C6H9F3NO2S.3C4H9.Sn/c1-2-3-4-5-10-13(11,12)6(7,8)9;3*1-3-4-2;/h2,10H,4-5H2,1H3;3*1,3-4H2,2H3;. The first-order valence-corrected chi connectivity index (χ1v) is 18.8. The van der Waals surface area contributed by atoms with E-state index in [1.807, 2.05) is 6.92 Å². The fourth-order valence-electron chi connectivity index (χ4n) is 3.52. The van der Waals surface area contributed by atoms with Gasteiger partial charge in [-0.15, -0.1) is 0 Å². The van der Waals surface area contributed by atoms with Crippen LogP contribution in [0.25, 0.3) is 0 Å². The van der Waals surface area contributed by atoms with Gasteiger partial charge in [-0.1, -0.05) is 0 Å². The van der Waals surface area contributed by atoms with Crippen molar-refractivity contribution in [2.24, 2.45) is 0 Å². The van der Waals surface area contributed by atoms with Gasteiger partial charge >= 0.3 is 162 Å². The zero-order chi connectivity index (χ0) is 20.3. The molecule has 0 bridgehead atoms. The Morgan fingerprint density at radius 1 is 0.962 bits per heavy atom. The molecule has 0 spiro atoms. The fraction of sp³-hybridized carbons (Fsp3) is 0.889. The summed E-state index contributed by atoms with van der Waals surface area (Å²) < 4.78 is 66.8. The van der Waals surface area contributed by atoms with Crippen molar-refractivity contribution in [3.05, 3.63) is 9.67 Å². The monoisotopic (exact) mass is 507 g/mol. The number of alkyl halides is 3. The quantitative estimate of drug-likeness (QED) is 0.288. The van der Waals surface area contributed by atoms with Crippen LogP contribution in [0.15, 0.2) is 9.67 Å². The van der Waals surface area contributed by atoms with Crippen molar-refractivity contribution in [3.8, 4) is 0 Å². The minimum absolute atomic E-state index is 0.162. The Morgan fingerprint density at radius 2 is 1.38 bits per heavy atom. The molecule has 8 heteroatoms. The van der Waals surface area contributed by atoms with E-state index < -0.39 is 33.9 Å². The second-order valence-corrected chi connectivity index (χ2v) is 22.2. The van der Waals surface area contributed by atoms with Gasteiger partial charge in [0, 0.05) is 0 Å². The van der Waals surface area contributed by atoms with Crippen LogP contribution in [0.4, 0.5) is 13.2 Å². The number of nitrogens with one attached hydrogen (secondary N) is 1. The first-order valence-electron chi connectivity index (χ1n) is 9.81. The zero-order valence-corrected chi connectivity index (χ0v) is 20.4. The van der Waals surface area contributed by atoms with Gasteiger partial charge in [0.25, 0.3) is 0 Å². The van der Waals surface area contributed by atoms with Crippen LogP contribution in [0.2, 0.25) is 13.3 Å². The van der Waals surface area contributed by atoms with Crippen molar-refractivity contribution in [1.82, 2.24) is 4.72 Å². The van der Waals surface area contributed by atoms with E-state index in [-0.39, 0.29) is 6.54 Å². The van der Waals surface area contributed by atoms with E-state index in [9.17, 15) is 21.6 Å². The average Bonchev–Trinajstić information content (AvgIpc) is 2.57. The third-order valence-corrected chi connectivity index (χ3v) is 22.9. The molecule has 0 aliphatic rings. The molecule has 3 nitrogen and oxygen atoms in total. The molecule has 0 heterocycles. The van der Waals surface area contributed by atoms with Crippen LogP contribution in [0, 0.1) is 0 Å². The molecular formula is C18H36F3NO2SSn. The number of halogens is 3. The second-order valence-electron chi connectivity index (χ2n) is 7.00. The Kier molecular flexibility index (Phi) is 12.8. The molecule has 0 saturated heterocycles. The van der Waals surface area contributed by atoms with Crippen molar-refractivity contribution in [1.29, 1.82) is 0 Å². The van der Waals surface area contributed by atoms with E-state index in [2.05, 4.69) is 26.8 Å². The molecule has 0 aliphatic heterocycles. The molecule has 26 heavy (non-hydrogen) atoms. The van der Waals surface area contributed by atoms with Gasteiger partial charge in [0.2, 0.25) is 0 Å². The van der Waals surface area contributed by atoms with Crippen LogP contribution in [0.3, 0.4) is 0 Å². The van der Waals surface area contributed by atoms with Crippen LogP contribution in [-0.4, -0.2) is 38.8 Å². The Balaban J connectivity index is 5.31. The second kappa shape index (κ2) is 12.6. The molecule has 0 aromatic rings. The molecule has 0 aromatic carbocycles. The summed E-state index contributed by atoms with van der Waals surface area (Å²) in [5.41, 5.74) is -5.24. The number of rotatable bonds is 14. The predicted molar refractivity (Wildman–Crippen MR) is 106 cm³/mol. The summed E-state index contributed by atoms with van der Waals surface area (Å²) in [5.74, 6) is 0. The number of hydrogen-bond acceptors (Lipinski definition) is 2. The van der Waals surface area contributed by atoms with Crippen LogP contribution in [0.5, 0.6) is 0 Å². The van der Waals surface area contributed by atoms with Gasteiger partial charge in [-0.2, -0.15) is 0 Å². The summed E-state index contributed by atoms with van der Waals surface area (Å²) in [6, 6.07) is 0. The molecule has 0 saturated carbocycles. The van der Waals surface area contributed by atoms with E-state index in [1.165, 1.54) is 16.9 Å². The number of allylic oxidation sites excluding steroid dienone is 1. The van der Waals surface area contributed by atoms with Crippen LogP contribution in [0.1, 0.15) is 72.6 Å². The summed E-state index contributed by atoms with van der Waals surface area (Å²) >= 11 is -2.69. The topological polar surface area (TPSA) is 46.2 Å². The number of hydrogen-bond donors (Lipinski definition) is 1. The van der Waals surface area contributed by atoms with Crippen molar-refractivity contribution in [3.63, 3.8) is 0 Å². The summed E-state index contributed by atoms with van der Waals surface area (Å²) in [5, 5.41) is 0. The Bertz CT molecular complexity index is 497. The van der Waals surface area contributed by atoms with Crippen molar-refractivity contribution in [2.45, 2.75) is 91.5 Å². The van der Waals surface area contributed by atoms with Gasteiger partial charge in [0.15, 0.2) is 0 Å². The molecule has 0 fully saturated rings. The third kappa shape index (κ3) is 8.50. The summed E-state index contributed by atoms with van der Waals surface area (Å²) in [6.45, 7) is 8.31. The first-order chi connectivity index (χ1) is 12.1. The van der Waals surface area contributed by atoms with Gasteiger partial charge < -0.3 is 0 Å². The fourth-order valence-corrected chi connectivity index (χ4v) is 21.4. The van der Waals surface area contributed by atoms with Gasteiger partial charge in [0.05, 0.1) is 0 Å². The normalized spacial score (nSPS) is 14.0. The van der Waals surface area contributed by atoms with Crippen molar-refractivity contribution >= 4 is 28.4 Å². The van der Waals surface area contributed by atoms with E-state index in [0.717, 1.165) is 38.5 Å². The maximum atomic E-state index is 12.5. The summed E-state index contributed by atoms with van der Waals surface area (Å²) in [7, 11) is -5.25. The Labute approximate surface area is 162 Å². The van der Waals surface area contributed by atoms with Crippen molar-refractivity contribution in [2.75, 3.05) is 6.54 Å². The SMILES string of the molecule is CC=[C](CCNS(=O)(=O)C(F)(F)F)[Sn]([CH2]CCC)([CH2]CCC)[CH2]CCC. The molecule has 1 N–H and O–H groups in total. The third-order valence-electron chi connectivity index (χ3n) is 5.05. The molecule has 0 unspecified atom stereocenters. The molecule has 0 aromatic heterocycles. The first kappa shape index (κ1) is 26.2. The average molecular weight is 506 g/mol. The molecule has 156 valence electrons. The summed E-state index contributed by atoms with van der Waals surface area (Å²) in [4.78, 5) is 0. The number of unbranched alkanes of at least 4 members (excludes halogenated alkanes) is 3. The van der Waals surface area contributed by atoms with Gasteiger partial charge in [-0.25, -0.2) is 0 Å². The summed E-state index contributed by atoms with van der Waals surface area (Å²) in [6.07, 6.45) is 9.34. The van der Waals surface area contributed by atoms with Crippen LogP contribution >= 0.6 is 0 Å². The van der Waals surface area contributed by atoms with Crippen LogP contribution < -0.4 is 4.72 Å². The van der Waals surface area contributed by atoms with E-state index in [0.29, 0.717) is 6.42 Å². The maximum absolute atomic E-state index is 12.5. The zero-order valence-electron chi connectivity index (χ0n) is 16.7. The van der Waals surface area contributed by atoms with E-state index in [1.54, 1.807) is 4.72 Å². The van der Waals surface area contributed by atoms with Gasteiger partial charge in [-0.05, 0) is 0 Å².